The maximum absolute atomic E-state index is 5.93. The number of anilines is 1. The van der Waals surface area contributed by atoms with E-state index in [1.165, 1.54) is 0 Å². The molecule has 5 nitrogen and oxygen atoms in total. The Morgan fingerprint density at radius 1 is 1.25 bits per heavy atom. The third-order valence-electron chi connectivity index (χ3n) is 2.19. The summed E-state index contributed by atoms with van der Waals surface area (Å²) >= 11 is 3.38. The van der Waals surface area contributed by atoms with Crippen LogP contribution in [0.1, 0.15) is 17.2 Å². The molecule has 0 aliphatic heterocycles. The van der Waals surface area contributed by atoms with Crippen LogP contribution in [0.2, 0.25) is 0 Å². The zero-order valence-electron chi connectivity index (χ0n) is 9.32. The first kappa shape index (κ1) is 11.1. The second-order valence-electron chi connectivity index (χ2n) is 3.61. The first-order valence-corrected chi connectivity index (χ1v) is 5.61. The molecular formula is C10H12BrN5. The molecule has 84 valence electrons. The van der Waals surface area contributed by atoms with Crippen molar-refractivity contribution in [1.29, 1.82) is 0 Å². The topological polar surface area (TPSA) is 69.6 Å². The largest absolute Gasteiger partial charge is 0.383 e. The summed E-state index contributed by atoms with van der Waals surface area (Å²) in [4.78, 5) is 8.52. The van der Waals surface area contributed by atoms with E-state index >= 15 is 0 Å². The van der Waals surface area contributed by atoms with Gasteiger partial charge in [0.05, 0.1) is 10.2 Å². The van der Waals surface area contributed by atoms with Crippen LogP contribution in [-0.2, 0) is 0 Å². The van der Waals surface area contributed by atoms with Gasteiger partial charge in [0.25, 0.3) is 0 Å². The van der Waals surface area contributed by atoms with E-state index in [0.717, 1.165) is 15.9 Å². The molecule has 0 spiro atoms. The Bertz CT molecular complexity index is 526. The van der Waals surface area contributed by atoms with Crippen LogP contribution >= 0.6 is 15.9 Å². The van der Waals surface area contributed by atoms with Crippen LogP contribution < -0.4 is 5.73 Å². The lowest BCUT2D eigenvalue weighted by atomic mass is 10.4. The molecule has 0 fully saturated rings. The molecule has 0 saturated carbocycles. The lowest BCUT2D eigenvalue weighted by molar-refractivity contribution is 0.819. The Labute approximate surface area is 102 Å². The highest BCUT2D eigenvalue weighted by atomic mass is 79.9. The lowest BCUT2D eigenvalue weighted by Gasteiger charge is -2.04. The first-order valence-electron chi connectivity index (χ1n) is 4.82. The predicted molar refractivity (Wildman–Crippen MR) is 65.5 cm³/mol. The van der Waals surface area contributed by atoms with Crippen molar-refractivity contribution in [2.45, 2.75) is 20.8 Å². The fraction of sp³-hybridized carbons (Fsp3) is 0.300. The molecule has 2 N–H and O–H groups in total. The summed E-state index contributed by atoms with van der Waals surface area (Å²) < 4.78 is 2.42. The predicted octanol–water partition coefficient (Wildman–Crippen LogP) is 1.93. The monoisotopic (exact) mass is 281 g/mol. The smallest absolute Gasteiger partial charge is 0.159 e. The van der Waals surface area contributed by atoms with Gasteiger partial charge >= 0.3 is 0 Å². The number of aromatic nitrogens is 4. The second kappa shape index (κ2) is 3.86. The highest BCUT2D eigenvalue weighted by Gasteiger charge is 2.12. The van der Waals surface area contributed by atoms with Crippen LogP contribution in [0.3, 0.4) is 0 Å². The van der Waals surface area contributed by atoms with Gasteiger partial charge in [0.1, 0.15) is 11.6 Å². The van der Waals surface area contributed by atoms with Gasteiger partial charge < -0.3 is 5.73 Å². The molecule has 2 aromatic heterocycles. The Morgan fingerprint density at radius 2 is 1.94 bits per heavy atom. The van der Waals surface area contributed by atoms with Crippen LogP contribution in [0.5, 0.6) is 0 Å². The Hall–Kier alpha value is -1.43. The Balaban J connectivity index is 2.62. The highest BCUT2D eigenvalue weighted by molar-refractivity contribution is 9.10. The molecule has 0 unspecified atom stereocenters. The number of nitrogen functional groups attached to an aromatic ring is 1. The zero-order chi connectivity index (χ0) is 11.9. The van der Waals surface area contributed by atoms with E-state index in [2.05, 4.69) is 31.0 Å². The molecule has 0 aromatic carbocycles. The fourth-order valence-electron chi connectivity index (χ4n) is 1.51. The van der Waals surface area contributed by atoms with Crippen LogP contribution in [0.25, 0.3) is 5.82 Å². The Kier molecular flexibility index (Phi) is 2.67. The minimum atomic E-state index is 0.551. The average molecular weight is 282 g/mol. The van der Waals surface area contributed by atoms with Crippen molar-refractivity contribution in [3.05, 3.63) is 27.8 Å². The number of hydrogen-bond acceptors (Lipinski definition) is 4. The van der Waals surface area contributed by atoms with E-state index in [9.17, 15) is 0 Å². The molecule has 0 saturated heterocycles. The standard InChI is InChI=1S/C10H12BrN5/c1-5-4-8(14-7(3)13-5)16-10(12)9(11)6(2)15-16/h4H,12H2,1-3H3. The number of nitrogens with zero attached hydrogens (tertiary/aromatic N) is 4. The van der Waals surface area contributed by atoms with Gasteiger partial charge in [-0.1, -0.05) is 0 Å². The van der Waals surface area contributed by atoms with E-state index < -0.39 is 0 Å². The number of hydrogen-bond donors (Lipinski definition) is 1. The minimum Gasteiger partial charge on any atom is -0.383 e. The molecule has 16 heavy (non-hydrogen) atoms. The number of rotatable bonds is 1. The molecule has 0 bridgehead atoms. The van der Waals surface area contributed by atoms with Gasteiger partial charge in [-0.2, -0.15) is 9.78 Å². The van der Waals surface area contributed by atoms with E-state index in [1.807, 2.05) is 26.8 Å². The molecule has 0 aliphatic rings. The van der Waals surface area contributed by atoms with E-state index in [1.54, 1.807) is 4.68 Å². The molecule has 0 aliphatic carbocycles. The van der Waals surface area contributed by atoms with Crippen molar-refractivity contribution < 1.29 is 0 Å². The number of aryl methyl sites for hydroxylation is 3. The van der Waals surface area contributed by atoms with Gasteiger partial charge in [-0.05, 0) is 36.7 Å². The second-order valence-corrected chi connectivity index (χ2v) is 4.40. The summed E-state index contributed by atoms with van der Waals surface area (Å²) in [7, 11) is 0. The normalized spacial score (nSPS) is 10.8. The summed E-state index contributed by atoms with van der Waals surface area (Å²) in [5, 5.41) is 4.32. The quantitative estimate of drug-likeness (QED) is 0.867. The summed E-state index contributed by atoms with van der Waals surface area (Å²) in [6, 6.07) is 1.85. The molecule has 0 radical (unpaired) electrons. The van der Waals surface area contributed by atoms with Gasteiger partial charge in [-0.15, -0.1) is 0 Å². The molecule has 6 heteroatoms. The van der Waals surface area contributed by atoms with Gasteiger partial charge in [-0.25, -0.2) is 9.97 Å². The summed E-state index contributed by atoms with van der Waals surface area (Å²) in [5.74, 6) is 1.95. The third kappa shape index (κ3) is 1.80. The van der Waals surface area contributed by atoms with Gasteiger partial charge in [0.15, 0.2) is 5.82 Å². The first-order chi connectivity index (χ1) is 7.49. The van der Waals surface area contributed by atoms with Crippen LogP contribution in [0.15, 0.2) is 10.5 Å². The number of halogens is 1. The van der Waals surface area contributed by atoms with Crippen molar-refractivity contribution in [3.63, 3.8) is 0 Å². The summed E-state index contributed by atoms with van der Waals surface area (Å²) in [6.45, 7) is 5.65. The highest BCUT2D eigenvalue weighted by Crippen LogP contribution is 2.25. The Morgan fingerprint density at radius 3 is 2.44 bits per heavy atom. The number of nitrogens with two attached hydrogens (primary N) is 1. The summed E-state index contributed by atoms with van der Waals surface area (Å²) in [5.41, 5.74) is 7.66. The van der Waals surface area contributed by atoms with Crippen LogP contribution in [0.4, 0.5) is 5.82 Å². The minimum absolute atomic E-state index is 0.551. The lowest BCUT2D eigenvalue weighted by Crippen LogP contribution is -2.06. The van der Waals surface area contributed by atoms with Crippen molar-refractivity contribution in [2.75, 3.05) is 5.73 Å². The van der Waals surface area contributed by atoms with Crippen molar-refractivity contribution >= 4 is 21.7 Å². The van der Waals surface area contributed by atoms with Crippen LogP contribution in [0, 0.1) is 20.8 Å². The molecule has 0 atom stereocenters. The van der Waals surface area contributed by atoms with Gasteiger partial charge in [-0.3, -0.25) is 0 Å². The maximum atomic E-state index is 5.93. The molecule has 2 heterocycles. The van der Waals surface area contributed by atoms with Gasteiger partial charge in [0.2, 0.25) is 0 Å². The van der Waals surface area contributed by atoms with Crippen molar-refractivity contribution in [3.8, 4) is 5.82 Å². The van der Waals surface area contributed by atoms with Crippen LogP contribution in [-0.4, -0.2) is 19.7 Å². The molecule has 0 amide bonds. The van der Waals surface area contributed by atoms with E-state index in [4.69, 9.17) is 5.73 Å². The zero-order valence-corrected chi connectivity index (χ0v) is 10.9. The van der Waals surface area contributed by atoms with Crippen molar-refractivity contribution in [1.82, 2.24) is 19.7 Å². The molecule has 2 rings (SSSR count). The SMILES string of the molecule is Cc1cc(-n2nc(C)c(Br)c2N)nc(C)n1. The van der Waals surface area contributed by atoms with Crippen molar-refractivity contribution in [2.24, 2.45) is 0 Å². The third-order valence-corrected chi connectivity index (χ3v) is 3.17. The van der Waals surface area contributed by atoms with Gasteiger partial charge in [0, 0.05) is 11.8 Å². The van der Waals surface area contributed by atoms with E-state index in [-0.39, 0.29) is 0 Å². The fourth-order valence-corrected chi connectivity index (χ4v) is 1.75. The molecular weight excluding hydrogens is 270 g/mol. The molecule has 2 aromatic rings. The summed E-state index contributed by atoms with van der Waals surface area (Å²) in [6.07, 6.45) is 0. The maximum Gasteiger partial charge on any atom is 0.159 e. The van der Waals surface area contributed by atoms with E-state index in [0.29, 0.717) is 17.5 Å². The average Bonchev–Trinajstić information content (AvgIpc) is 2.44.